The van der Waals surface area contributed by atoms with E-state index >= 15 is 0 Å². The monoisotopic (exact) mass is 232 g/mol. The first kappa shape index (κ1) is 15.9. The summed E-state index contributed by atoms with van der Waals surface area (Å²) in [5.74, 6) is 0.456. The number of hydrogen-bond acceptors (Lipinski definition) is 3. The van der Waals surface area contributed by atoms with E-state index in [1.54, 1.807) is 0 Å². The zero-order chi connectivity index (χ0) is 12.8. The zero-order valence-electron chi connectivity index (χ0n) is 11.7. The van der Waals surface area contributed by atoms with E-state index in [1.165, 1.54) is 0 Å². The van der Waals surface area contributed by atoms with E-state index in [2.05, 4.69) is 41.5 Å². The third kappa shape index (κ3) is 5.83. The van der Waals surface area contributed by atoms with Gasteiger partial charge in [-0.2, -0.15) is 0 Å². The van der Waals surface area contributed by atoms with Crippen molar-refractivity contribution in [2.24, 2.45) is 11.3 Å². The van der Waals surface area contributed by atoms with E-state index in [0.29, 0.717) is 25.7 Å². The molecule has 0 heterocycles. The summed E-state index contributed by atoms with van der Waals surface area (Å²) in [7, 11) is 0. The van der Waals surface area contributed by atoms with Gasteiger partial charge < -0.3 is 14.6 Å². The number of rotatable bonds is 7. The van der Waals surface area contributed by atoms with E-state index in [4.69, 9.17) is 14.6 Å². The predicted octanol–water partition coefficient (Wildman–Crippen LogP) is 2.47. The maximum absolute atomic E-state index is 8.55. The molecular weight excluding hydrogens is 204 g/mol. The van der Waals surface area contributed by atoms with Crippen molar-refractivity contribution in [2.45, 2.75) is 47.1 Å². The highest BCUT2D eigenvalue weighted by Gasteiger charge is 2.35. The summed E-state index contributed by atoms with van der Waals surface area (Å²) in [6, 6.07) is 0. The van der Waals surface area contributed by atoms with E-state index in [9.17, 15) is 0 Å². The maximum atomic E-state index is 8.55. The van der Waals surface area contributed by atoms with Crippen LogP contribution in [-0.2, 0) is 9.47 Å². The van der Waals surface area contributed by atoms with Crippen LogP contribution in [0.25, 0.3) is 0 Å². The van der Waals surface area contributed by atoms with Crippen molar-refractivity contribution in [3.63, 3.8) is 0 Å². The SMILES string of the molecule is CC(C(C)(C)C)C(C)(C)OCCOCCO. The van der Waals surface area contributed by atoms with Crippen LogP contribution in [0.1, 0.15) is 41.5 Å². The van der Waals surface area contributed by atoms with Crippen LogP contribution >= 0.6 is 0 Å². The Balaban J connectivity index is 3.95. The Morgan fingerprint density at radius 1 is 1.00 bits per heavy atom. The topological polar surface area (TPSA) is 38.7 Å². The van der Waals surface area contributed by atoms with Crippen molar-refractivity contribution >= 4 is 0 Å². The van der Waals surface area contributed by atoms with Crippen LogP contribution in [0.2, 0.25) is 0 Å². The van der Waals surface area contributed by atoms with Gasteiger partial charge in [0.15, 0.2) is 0 Å². The molecule has 0 saturated heterocycles. The van der Waals surface area contributed by atoms with Crippen LogP contribution < -0.4 is 0 Å². The normalized spacial score (nSPS) is 15.2. The summed E-state index contributed by atoms with van der Waals surface area (Å²) in [4.78, 5) is 0. The Bertz CT molecular complexity index is 182. The molecule has 0 bridgehead atoms. The smallest absolute Gasteiger partial charge is 0.0707 e. The second-order valence-corrected chi connectivity index (χ2v) is 5.88. The van der Waals surface area contributed by atoms with Crippen LogP contribution in [-0.4, -0.2) is 37.1 Å². The van der Waals surface area contributed by atoms with Gasteiger partial charge in [-0.1, -0.05) is 27.7 Å². The Morgan fingerprint density at radius 2 is 1.56 bits per heavy atom. The lowest BCUT2D eigenvalue weighted by Gasteiger charge is -2.40. The number of ether oxygens (including phenoxy) is 2. The minimum atomic E-state index is -0.152. The van der Waals surface area contributed by atoms with Gasteiger partial charge in [-0.25, -0.2) is 0 Å². The molecule has 16 heavy (non-hydrogen) atoms. The molecule has 3 nitrogen and oxygen atoms in total. The Labute approximate surface area is 100 Å². The molecule has 0 saturated carbocycles. The van der Waals surface area contributed by atoms with Crippen LogP contribution in [0.4, 0.5) is 0 Å². The molecule has 1 N–H and O–H groups in total. The number of aliphatic hydroxyl groups excluding tert-OH is 1. The summed E-state index contributed by atoms with van der Waals surface area (Å²) in [5, 5.41) is 8.55. The largest absolute Gasteiger partial charge is 0.394 e. The van der Waals surface area contributed by atoms with E-state index in [0.717, 1.165) is 0 Å². The molecule has 0 aliphatic rings. The van der Waals surface area contributed by atoms with Crippen molar-refractivity contribution in [3.8, 4) is 0 Å². The lowest BCUT2D eigenvalue weighted by molar-refractivity contribution is -0.101. The fourth-order valence-electron chi connectivity index (χ4n) is 1.70. The molecule has 3 heteroatoms. The van der Waals surface area contributed by atoms with E-state index < -0.39 is 0 Å². The highest BCUT2D eigenvalue weighted by atomic mass is 16.5. The van der Waals surface area contributed by atoms with Crippen LogP contribution in [0, 0.1) is 11.3 Å². The third-order valence-corrected chi connectivity index (χ3v) is 3.28. The fourth-order valence-corrected chi connectivity index (χ4v) is 1.70. The van der Waals surface area contributed by atoms with Crippen molar-refractivity contribution in [2.75, 3.05) is 26.4 Å². The number of aliphatic hydroxyl groups is 1. The minimum absolute atomic E-state index is 0.0712. The van der Waals surface area contributed by atoms with Crippen LogP contribution in [0.3, 0.4) is 0 Å². The van der Waals surface area contributed by atoms with Crippen molar-refractivity contribution in [3.05, 3.63) is 0 Å². The summed E-state index contributed by atoms with van der Waals surface area (Å²) in [6.07, 6.45) is 0. The van der Waals surface area contributed by atoms with Gasteiger partial charge >= 0.3 is 0 Å². The number of hydrogen-bond donors (Lipinski definition) is 1. The fraction of sp³-hybridized carbons (Fsp3) is 1.00. The van der Waals surface area contributed by atoms with Gasteiger partial charge in [0.2, 0.25) is 0 Å². The molecule has 0 radical (unpaired) electrons. The molecule has 0 amide bonds. The van der Waals surface area contributed by atoms with Gasteiger partial charge in [-0.05, 0) is 25.2 Å². The quantitative estimate of drug-likeness (QED) is 0.685. The van der Waals surface area contributed by atoms with Crippen LogP contribution in [0.5, 0.6) is 0 Å². The third-order valence-electron chi connectivity index (χ3n) is 3.28. The molecule has 0 aliphatic carbocycles. The molecule has 0 fully saturated rings. The lowest BCUT2D eigenvalue weighted by Crippen LogP contribution is -2.41. The average Bonchev–Trinajstić information content (AvgIpc) is 2.15. The van der Waals surface area contributed by atoms with E-state index in [-0.39, 0.29) is 17.6 Å². The van der Waals surface area contributed by atoms with Gasteiger partial charge in [0.25, 0.3) is 0 Å². The molecule has 0 aromatic heterocycles. The second-order valence-electron chi connectivity index (χ2n) is 5.88. The van der Waals surface area contributed by atoms with Crippen molar-refractivity contribution in [1.82, 2.24) is 0 Å². The maximum Gasteiger partial charge on any atom is 0.0707 e. The van der Waals surface area contributed by atoms with Crippen molar-refractivity contribution in [1.29, 1.82) is 0 Å². The summed E-state index contributed by atoms with van der Waals surface area (Å²) in [5.41, 5.74) is 0.0796. The Kier molecular flexibility index (Phi) is 6.53. The molecule has 98 valence electrons. The average molecular weight is 232 g/mol. The molecular formula is C13H28O3. The summed E-state index contributed by atoms with van der Waals surface area (Å²) < 4.78 is 11.0. The zero-order valence-corrected chi connectivity index (χ0v) is 11.7. The Morgan fingerprint density at radius 3 is 2.00 bits per heavy atom. The first-order chi connectivity index (χ1) is 7.22. The molecule has 0 aromatic rings. The van der Waals surface area contributed by atoms with Gasteiger partial charge in [-0.15, -0.1) is 0 Å². The highest BCUT2D eigenvalue weighted by Crippen LogP contribution is 2.36. The predicted molar refractivity (Wildman–Crippen MR) is 66.6 cm³/mol. The van der Waals surface area contributed by atoms with Gasteiger partial charge in [0, 0.05) is 0 Å². The molecule has 1 unspecified atom stereocenters. The first-order valence-corrected chi connectivity index (χ1v) is 6.04. The minimum Gasteiger partial charge on any atom is -0.394 e. The molecule has 1 atom stereocenters. The molecule has 0 spiro atoms. The van der Waals surface area contributed by atoms with Gasteiger partial charge in [-0.3, -0.25) is 0 Å². The first-order valence-electron chi connectivity index (χ1n) is 6.04. The second kappa shape index (κ2) is 6.58. The van der Waals surface area contributed by atoms with E-state index in [1.807, 2.05) is 0 Å². The molecule has 0 aromatic carbocycles. The van der Waals surface area contributed by atoms with Crippen LogP contribution in [0.15, 0.2) is 0 Å². The summed E-state index contributed by atoms with van der Waals surface area (Å²) in [6.45, 7) is 14.7. The standard InChI is InChI=1S/C13H28O3/c1-11(12(2,3)4)13(5,6)16-10-9-15-8-7-14/h11,14H,7-10H2,1-6H3. The lowest BCUT2D eigenvalue weighted by atomic mass is 9.73. The summed E-state index contributed by atoms with van der Waals surface area (Å²) >= 11 is 0. The molecule has 0 aliphatic heterocycles. The van der Waals surface area contributed by atoms with Gasteiger partial charge in [0.1, 0.15) is 0 Å². The van der Waals surface area contributed by atoms with Crippen molar-refractivity contribution < 1.29 is 14.6 Å². The molecule has 0 rings (SSSR count). The Hall–Kier alpha value is -0.120. The highest BCUT2D eigenvalue weighted by molar-refractivity contribution is 4.84. The van der Waals surface area contributed by atoms with Gasteiger partial charge in [0.05, 0.1) is 32.0 Å².